The highest BCUT2D eigenvalue weighted by atomic mass is 16.6. The Hall–Kier alpha value is -4.07. The molecule has 7 nitrogen and oxygen atoms in total. The smallest absolute Gasteiger partial charge is 0.338 e. The predicted molar refractivity (Wildman–Crippen MR) is 140 cm³/mol. The van der Waals surface area contributed by atoms with E-state index in [0.29, 0.717) is 17.5 Å². The summed E-state index contributed by atoms with van der Waals surface area (Å²) in [7, 11) is 0. The molecule has 0 N–H and O–H groups in total. The Labute approximate surface area is 222 Å². The SMILES string of the molecule is C=CC[C@@H]1OC(C[C@@H](COC(=O)c2ccccc2)OC(=O)c2ccccc2)[C@H](OCc2ccccc2)C1=O. The highest BCUT2D eigenvalue weighted by Crippen LogP contribution is 2.28. The van der Waals surface area contributed by atoms with Crippen LogP contribution in [-0.4, -0.2) is 48.7 Å². The third-order valence-corrected chi connectivity index (χ3v) is 6.12. The molecular formula is C31H30O7. The number of carbonyl (C=O) groups excluding carboxylic acids is 3. The van der Waals surface area contributed by atoms with E-state index in [1.165, 1.54) is 0 Å². The van der Waals surface area contributed by atoms with Crippen molar-refractivity contribution in [2.45, 2.75) is 43.9 Å². The van der Waals surface area contributed by atoms with Gasteiger partial charge in [0, 0.05) is 6.42 Å². The molecule has 0 aliphatic carbocycles. The molecule has 3 aromatic rings. The number of Topliss-reactive ketones (excluding diaryl/α,β-unsaturated/α-hetero) is 1. The number of carbonyl (C=O) groups is 3. The summed E-state index contributed by atoms with van der Waals surface area (Å²) in [5.74, 6) is -1.31. The van der Waals surface area contributed by atoms with E-state index < -0.39 is 36.4 Å². The van der Waals surface area contributed by atoms with Crippen LogP contribution in [0, 0.1) is 0 Å². The Balaban J connectivity index is 1.49. The summed E-state index contributed by atoms with van der Waals surface area (Å²) >= 11 is 0. The minimum atomic E-state index is -0.876. The van der Waals surface area contributed by atoms with Crippen LogP contribution >= 0.6 is 0 Å². The highest BCUT2D eigenvalue weighted by Gasteiger charge is 2.45. The Morgan fingerprint density at radius 2 is 1.45 bits per heavy atom. The minimum Gasteiger partial charge on any atom is -0.458 e. The molecule has 3 aromatic carbocycles. The van der Waals surface area contributed by atoms with Gasteiger partial charge in [0.15, 0.2) is 5.78 Å². The van der Waals surface area contributed by atoms with E-state index in [9.17, 15) is 14.4 Å². The van der Waals surface area contributed by atoms with E-state index in [0.717, 1.165) is 5.56 Å². The van der Waals surface area contributed by atoms with E-state index in [1.807, 2.05) is 30.3 Å². The van der Waals surface area contributed by atoms with Crippen LogP contribution in [0.5, 0.6) is 0 Å². The van der Waals surface area contributed by atoms with Crippen LogP contribution in [0.15, 0.2) is 104 Å². The molecule has 38 heavy (non-hydrogen) atoms. The normalized spacial score (nSPS) is 19.5. The molecule has 1 saturated heterocycles. The lowest BCUT2D eigenvalue weighted by Crippen LogP contribution is -2.36. The topological polar surface area (TPSA) is 88.1 Å². The summed E-state index contributed by atoms with van der Waals surface area (Å²) in [5, 5.41) is 0. The number of ether oxygens (including phenoxy) is 4. The summed E-state index contributed by atoms with van der Waals surface area (Å²) in [6.07, 6.45) is -1.12. The summed E-state index contributed by atoms with van der Waals surface area (Å²) in [4.78, 5) is 38.5. The van der Waals surface area contributed by atoms with Crippen molar-refractivity contribution < 1.29 is 33.3 Å². The van der Waals surface area contributed by atoms with Gasteiger partial charge >= 0.3 is 11.9 Å². The van der Waals surface area contributed by atoms with Crippen LogP contribution in [0.3, 0.4) is 0 Å². The first-order valence-electron chi connectivity index (χ1n) is 12.5. The summed E-state index contributed by atoms with van der Waals surface area (Å²) in [6, 6.07) is 26.6. The molecule has 7 heteroatoms. The molecule has 0 amide bonds. The van der Waals surface area contributed by atoms with Crippen molar-refractivity contribution in [3.8, 4) is 0 Å². The first-order valence-corrected chi connectivity index (χ1v) is 12.5. The van der Waals surface area contributed by atoms with E-state index in [4.69, 9.17) is 18.9 Å². The Morgan fingerprint density at radius 1 is 0.868 bits per heavy atom. The van der Waals surface area contributed by atoms with Crippen LogP contribution in [0.4, 0.5) is 0 Å². The molecule has 1 aliphatic rings. The monoisotopic (exact) mass is 514 g/mol. The van der Waals surface area contributed by atoms with Crippen molar-refractivity contribution in [3.05, 3.63) is 120 Å². The molecule has 1 aliphatic heterocycles. The molecule has 196 valence electrons. The molecule has 1 fully saturated rings. The van der Waals surface area contributed by atoms with Crippen LogP contribution < -0.4 is 0 Å². The first-order chi connectivity index (χ1) is 18.5. The van der Waals surface area contributed by atoms with Crippen molar-refractivity contribution in [2.75, 3.05) is 6.61 Å². The fourth-order valence-corrected chi connectivity index (χ4v) is 4.20. The third kappa shape index (κ3) is 7.25. The summed E-state index contributed by atoms with van der Waals surface area (Å²) in [5.41, 5.74) is 1.65. The van der Waals surface area contributed by atoms with Crippen LogP contribution in [0.2, 0.25) is 0 Å². The molecule has 0 saturated carbocycles. The van der Waals surface area contributed by atoms with Crippen molar-refractivity contribution in [2.24, 2.45) is 0 Å². The van der Waals surface area contributed by atoms with Gasteiger partial charge in [0.1, 0.15) is 24.9 Å². The fraction of sp³-hybridized carbons (Fsp3) is 0.258. The maximum Gasteiger partial charge on any atom is 0.338 e. The van der Waals surface area contributed by atoms with Gasteiger partial charge in [0.2, 0.25) is 0 Å². The molecule has 0 bridgehead atoms. The maximum absolute atomic E-state index is 13.1. The van der Waals surface area contributed by atoms with E-state index in [1.54, 1.807) is 66.7 Å². The lowest BCUT2D eigenvalue weighted by Gasteiger charge is -2.24. The van der Waals surface area contributed by atoms with E-state index in [-0.39, 0.29) is 25.4 Å². The maximum atomic E-state index is 13.1. The second-order valence-corrected chi connectivity index (χ2v) is 8.90. The molecule has 1 heterocycles. The molecule has 0 spiro atoms. The van der Waals surface area contributed by atoms with Gasteiger partial charge in [-0.1, -0.05) is 72.8 Å². The number of hydrogen-bond acceptors (Lipinski definition) is 7. The number of hydrogen-bond donors (Lipinski definition) is 0. The zero-order valence-electron chi connectivity index (χ0n) is 20.9. The fourth-order valence-electron chi connectivity index (χ4n) is 4.20. The van der Waals surface area contributed by atoms with Gasteiger partial charge in [-0.05, 0) is 36.2 Å². The number of ketones is 1. The van der Waals surface area contributed by atoms with Crippen molar-refractivity contribution in [1.82, 2.24) is 0 Å². The van der Waals surface area contributed by atoms with Crippen molar-refractivity contribution in [1.29, 1.82) is 0 Å². The number of esters is 2. The third-order valence-electron chi connectivity index (χ3n) is 6.12. The van der Waals surface area contributed by atoms with Crippen molar-refractivity contribution >= 4 is 17.7 Å². The summed E-state index contributed by atoms with van der Waals surface area (Å²) < 4.78 is 23.3. The highest BCUT2D eigenvalue weighted by molar-refractivity contribution is 5.91. The molecule has 1 unspecified atom stereocenters. The van der Waals surface area contributed by atoms with E-state index in [2.05, 4.69) is 6.58 Å². The zero-order chi connectivity index (χ0) is 26.7. The van der Waals surface area contributed by atoms with Crippen LogP contribution in [0.1, 0.15) is 39.1 Å². The Kier molecular flexibility index (Phi) is 9.56. The quantitative estimate of drug-likeness (QED) is 0.249. The van der Waals surface area contributed by atoms with E-state index >= 15 is 0 Å². The standard InChI is InChI=1S/C31H30O7/c1-2-12-26-28(32)29(35-20-22-13-6-3-7-14-22)27(38-26)19-25(37-31(34)24-17-10-5-11-18-24)21-36-30(33)23-15-8-4-9-16-23/h2-11,13-18,25-27,29H,1,12,19-21H2/t25-,26-,27?,29-/m0/s1. The first kappa shape index (κ1) is 27.0. The van der Waals surface area contributed by atoms with Gasteiger partial charge in [-0.15, -0.1) is 6.58 Å². The minimum absolute atomic E-state index is 0.0967. The zero-order valence-corrected chi connectivity index (χ0v) is 20.9. The Bertz CT molecular complexity index is 1210. The second kappa shape index (κ2) is 13.5. The van der Waals surface area contributed by atoms with Gasteiger partial charge in [0.05, 0.1) is 23.8 Å². The molecular weight excluding hydrogens is 484 g/mol. The molecule has 4 atom stereocenters. The average Bonchev–Trinajstić information content (AvgIpc) is 3.25. The number of benzene rings is 3. The Morgan fingerprint density at radius 3 is 2.05 bits per heavy atom. The predicted octanol–water partition coefficient (Wildman–Crippen LogP) is 4.96. The molecule has 0 aromatic heterocycles. The van der Waals surface area contributed by atoms with Gasteiger partial charge in [-0.3, -0.25) is 4.79 Å². The van der Waals surface area contributed by atoms with Crippen LogP contribution in [-0.2, 0) is 30.3 Å². The van der Waals surface area contributed by atoms with Gasteiger partial charge < -0.3 is 18.9 Å². The average molecular weight is 515 g/mol. The largest absolute Gasteiger partial charge is 0.458 e. The lowest BCUT2D eigenvalue weighted by atomic mass is 10.0. The van der Waals surface area contributed by atoms with Crippen molar-refractivity contribution in [3.63, 3.8) is 0 Å². The molecule has 0 radical (unpaired) electrons. The van der Waals surface area contributed by atoms with Gasteiger partial charge in [0.25, 0.3) is 0 Å². The summed E-state index contributed by atoms with van der Waals surface area (Å²) in [6.45, 7) is 3.72. The second-order valence-electron chi connectivity index (χ2n) is 8.90. The van der Waals surface area contributed by atoms with Crippen LogP contribution in [0.25, 0.3) is 0 Å². The molecule has 4 rings (SSSR count). The number of rotatable bonds is 12. The van der Waals surface area contributed by atoms with Gasteiger partial charge in [-0.25, -0.2) is 9.59 Å². The van der Waals surface area contributed by atoms with Gasteiger partial charge in [-0.2, -0.15) is 0 Å². The lowest BCUT2D eigenvalue weighted by molar-refractivity contribution is -0.130.